The number of hydrogen-bond donors (Lipinski definition) is 0. The molecule has 0 fully saturated rings. The summed E-state index contributed by atoms with van der Waals surface area (Å²) in [5, 5.41) is 4.82. The van der Waals surface area contributed by atoms with Gasteiger partial charge in [0.15, 0.2) is 0 Å². The zero-order valence-electron chi connectivity index (χ0n) is 11.9. The molecular formula is C14H18N4OS. The second kappa shape index (κ2) is 6.56. The van der Waals surface area contributed by atoms with Crippen LogP contribution in [0.1, 0.15) is 19.4 Å². The molecule has 0 saturated carbocycles. The number of nitrogens with zero attached hydrogens (tertiary/aromatic N) is 4. The summed E-state index contributed by atoms with van der Waals surface area (Å²) in [5.41, 5.74) is 1.17. The molecule has 0 saturated heterocycles. The SMILES string of the molecule is CCN(CC)C(=O)n1cnc(Sc2ccccc2C)n1. The van der Waals surface area contributed by atoms with Gasteiger partial charge in [0, 0.05) is 18.0 Å². The first-order chi connectivity index (χ1) is 9.65. The number of carbonyl (C=O) groups is 1. The average Bonchev–Trinajstić information content (AvgIpc) is 2.91. The summed E-state index contributed by atoms with van der Waals surface area (Å²) in [4.78, 5) is 19.1. The second-order valence-electron chi connectivity index (χ2n) is 4.29. The van der Waals surface area contributed by atoms with Crippen LogP contribution < -0.4 is 0 Å². The topological polar surface area (TPSA) is 51.0 Å². The molecule has 0 aliphatic carbocycles. The van der Waals surface area contributed by atoms with Gasteiger partial charge in [-0.1, -0.05) is 18.2 Å². The zero-order valence-corrected chi connectivity index (χ0v) is 12.7. The minimum Gasteiger partial charge on any atom is -0.323 e. The Bertz CT molecular complexity index is 592. The number of amides is 1. The summed E-state index contributed by atoms with van der Waals surface area (Å²) in [6.45, 7) is 7.26. The summed E-state index contributed by atoms with van der Waals surface area (Å²) in [7, 11) is 0. The molecule has 6 heteroatoms. The van der Waals surface area contributed by atoms with Gasteiger partial charge in [-0.05, 0) is 44.2 Å². The van der Waals surface area contributed by atoms with Gasteiger partial charge in [-0.15, -0.1) is 5.10 Å². The van der Waals surface area contributed by atoms with E-state index in [2.05, 4.69) is 10.1 Å². The number of rotatable bonds is 4. The normalized spacial score (nSPS) is 10.6. The fourth-order valence-corrected chi connectivity index (χ4v) is 2.60. The van der Waals surface area contributed by atoms with Gasteiger partial charge in [-0.2, -0.15) is 4.68 Å². The van der Waals surface area contributed by atoms with E-state index in [9.17, 15) is 4.79 Å². The monoisotopic (exact) mass is 290 g/mol. The quantitative estimate of drug-likeness (QED) is 0.868. The van der Waals surface area contributed by atoms with Crippen LogP contribution in [0.15, 0.2) is 40.6 Å². The van der Waals surface area contributed by atoms with E-state index in [-0.39, 0.29) is 6.03 Å². The Morgan fingerprint density at radius 3 is 2.65 bits per heavy atom. The third-order valence-electron chi connectivity index (χ3n) is 3.00. The van der Waals surface area contributed by atoms with Crippen molar-refractivity contribution < 1.29 is 4.79 Å². The van der Waals surface area contributed by atoms with Crippen molar-refractivity contribution >= 4 is 17.8 Å². The van der Waals surface area contributed by atoms with Crippen molar-refractivity contribution in [2.75, 3.05) is 13.1 Å². The first-order valence-corrected chi connectivity index (χ1v) is 7.41. The van der Waals surface area contributed by atoms with E-state index in [1.165, 1.54) is 28.3 Å². The van der Waals surface area contributed by atoms with E-state index in [0.29, 0.717) is 18.2 Å². The lowest BCUT2D eigenvalue weighted by atomic mass is 10.2. The van der Waals surface area contributed by atoms with Gasteiger partial charge in [-0.25, -0.2) is 9.78 Å². The first-order valence-electron chi connectivity index (χ1n) is 6.60. The fourth-order valence-electron chi connectivity index (χ4n) is 1.80. The van der Waals surface area contributed by atoms with E-state index in [0.717, 1.165) is 4.90 Å². The van der Waals surface area contributed by atoms with Gasteiger partial charge in [0.1, 0.15) is 6.33 Å². The molecule has 1 aromatic carbocycles. The van der Waals surface area contributed by atoms with Crippen molar-refractivity contribution in [2.24, 2.45) is 0 Å². The molecule has 0 atom stereocenters. The van der Waals surface area contributed by atoms with Crippen LogP contribution >= 0.6 is 11.8 Å². The predicted molar refractivity (Wildman–Crippen MR) is 79.0 cm³/mol. The van der Waals surface area contributed by atoms with Crippen molar-refractivity contribution in [3.05, 3.63) is 36.2 Å². The highest BCUT2D eigenvalue weighted by molar-refractivity contribution is 7.99. The maximum absolute atomic E-state index is 12.1. The Morgan fingerprint density at radius 1 is 1.30 bits per heavy atom. The maximum Gasteiger partial charge on any atom is 0.346 e. The van der Waals surface area contributed by atoms with Gasteiger partial charge in [0.2, 0.25) is 5.16 Å². The predicted octanol–water partition coefficient (Wildman–Crippen LogP) is 3.05. The summed E-state index contributed by atoms with van der Waals surface area (Å²) in [6.07, 6.45) is 1.47. The lowest BCUT2D eigenvalue weighted by molar-refractivity contribution is 0.201. The van der Waals surface area contributed by atoms with Crippen LogP contribution in [0.25, 0.3) is 0 Å². The number of hydrogen-bond acceptors (Lipinski definition) is 4. The lowest BCUT2D eigenvalue weighted by Crippen LogP contribution is -2.34. The fraction of sp³-hybridized carbons (Fsp3) is 0.357. The summed E-state index contributed by atoms with van der Waals surface area (Å²) >= 11 is 1.47. The van der Waals surface area contributed by atoms with Crippen molar-refractivity contribution in [1.29, 1.82) is 0 Å². The highest BCUT2D eigenvalue weighted by Gasteiger charge is 2.14. The average molecular weight is 290 g/mol. The summed E-state index contributed by atoms with van der Waals surface area (Å²) in [5.74, 6) is 0. The Kier molecular flexibility index (Phi) is 4.79. The molecule has 2 aromatic rings. The van der Waals surface area contributed by atoms with Crippen molar-refractivity contribution in [3.8, 4) is 0 Å². The van der Waals surface area contributed by atoms with Gasteiger partial charge in [0.25, 0.3) is 0 Å². The van der Waals surface area contributed by atoms with Gasteiger partial charge in [-0.3, -0.25) is 0 Å². The van der Waals surface area contributed by atoms with Crippen molar-refractivity contribution in [1.82, 2.24) is 19.7 Å². The lowest BCUT2D eigenvalue weighted by Gasteiger charge is -2.17. The molecule has 1 aromatic heterocycles. The third kappa shape index (κ3) is 3.19. The highest BCUT2D eigenvalue weighted by Crippen LogP contribution is 2.26. The molecule has 1 heterocycles. The highest BCUT2D eigenvalue weighted by atomic mass is 32.2. The minimum absolute atomic E-state index is 0.140. The van der Waals surface area contributed by atoms with Crippen LogP contribution in [-0.2, 0) is 0 Å². The standard InChI is InChI=1S/C14H18N4OS/c1-4-17(5-2)14(19)18-10-15-13(16-18)20-12-9-7-6-8-11(12)3/h6-10H,4-5H2,1-3H3. The maximum atomic E-state index is 12.1. The van der Waals surface area contributed by atoms with Crippen LogP contribution in [-0.4, -0.2) is 38.8 Å². The van der Waals surface area contributed by atoms with Gasteiger partial charge >= 0.3 is 6.03 Å². The van der Waals surface area contributed by atoms with Crippen molar-refractivity contribution in [2.45, 2.75) is 30.8 Å². The Hall–Kier alpha value is -1.82. The van der Waals surface area contributed by atoms with E-state index in [1.54, 1.807) is 4.90 Å². The number of benzene rings is 1. The van der Waals surface area contributed by atoms with E-state index >= 15 is 0 Å². The zero-order chi connectivity index (χ0) is 14.5. The third-order valence-corrected chi connectivity index (χ3v) is 4.04. The van der Waals surface area contributed by atoms with Crippen LogP contribution in [0.2, 0.25) is 0 Å². The molecule has 0 unspecified atom stereocenters. The molecule has 0 radical (unpaired) electrons. The number of carbonyl (C=O) groups excluding carboxylic acids is 1. The van der Waals surface area contributed by atoms with Crippen LogP contribution in [0.5, 0.6) is 0 Å². The van der Waals surface area contributed by atoms with E-state index in [4.69, 9.17) is 0 Å². The number of aryl methyl sites for hydroxylation is 1. The Labute approximate surface area is 123 Å². The first kappa shape index (κ1) is 14.6. The molecule has 106 valence electrons. The van der Waals surface area contributed by atoms with Crippen LogP contribution in [0.4, 0.5) is 4.79 Å². The van der Waals surface area contributed by atoms with Gasteiger partial charge in [0.05, 0.1) is 0 Å². The molecule has 0 aliphatic heterocycles. The largest absolute Gasteiger partial charge is 0.346 e. The summed E-state index contributed by atoms with van der Waals surface area (Å²) < 4.78 is 1.30. The van der Waals surface area contributed by atoms with E-state index in [1.807, 2.05) is 45.0 Å². The Morgan fingerprint density at radius 2 is 2.00 bits per heavy atom. The molecule has 1 amide bonds. The number of aromatic nitrogens is 3. The molecule has 0 bridgehead atoms. The molecule has 2 rings (SSSR count). The molecule has 5 nitrogen and oxygen atoms in total. The molecule has 20 heavy (non-hydrogen) atoms. The summed E-state index contributed by atoms with van der Waals surface area (Å²) in [6, 6.07) is 7.90. The molecule has 0 aliphatic rings. The molecular weight excluding hydrogens is 272 g/mol. The smallest absolute Gasteiger partial charge is 0.323 e. The van der Waals surface area contributed by atoms with Gasteiger partial charge < -0.3 is 4.90 Å². The van der Waals surface area contributed by atoms with Crippen LogP contribution in [0, 0.1) is 6.92 Å². The molecule has 0 N–H and O–H groups in total. The van der Waals surface area contributed by atoms with Crippen molar-refractivity contribution in [3.63, 3.8) is 0 Å². The van der Waals surface area contributed by atoms with E-state index < -0.39 is 0 Å². The second-order valence-corrected chi connectivity index (χ2v) is 5.30. The molecule has 0 spiro atoms. The van der Waals surface area contributed by atoms with Crippen LogP contribution in [0.3, 0.4) is 0 Å². The minimum atomic E-state index is -0.140. The Balaban J connectivity index is 2.13.